The molecule has 2 atom stereocenters. The van der Waals surface area contributed by atoms with Crippen LogP contribution in [0, 0.1) is 0 Å². The van der Waals surface area contributed by atoms with Crippen LogP contribution in [-0.2, 0) is 6.42 Å². The molecule has 2 aromatic rings. The highest BCUT2D eigenvalue weighted by Gasteiger charge is 2.15. The third kappa shape index (κ3) is 3.73. The van der Waals surface area contributed by atoms with E-state index in [1.54, 1.807) is 17.4 Å². The fourth-order valence-corrected chi connectivity index (χ4v) is 2.63. The zero-order valence-electron chi connectivity index (χ0n) is 10.2. The summed E-state index contributed by atoms with van der Waals surface area (Å²) in [6.07, 6.45) is 0.782. The molecule has 0 aliphatic carbocycles. The molecule has 0 saturated heterocycles. The highest BCUT2D eigenvalue weighted by atomic mass is 35.5. The number of ether oxygens (including phenoxy) is 1. The van der Waals surface area contributed by atoms with Crippen LogP contribution in [0.4, 0.5) is 0 Å². The summed E-state index contributed by atoms with van der Waals surface area (Å²) in [6.45, 7) is 1.99. The van der Waals surface area contributed by atoms with E-state index < -0.39 is 0 Å². The number of thiophene rings is 1. The van der Waals surface area contributed by atoms with Crippen molar-refractivity contribution in [3.8, 4) is 5.75 Å². The fraction of sp³-hybridized carbons (Fsp3) is 0.286. The van der Waals surface area contributed by atoms with Gasteiger partial charge in [-0.2, -0.15) is 0 Å². The van der Waals surface area contributed by atoms with E-state index in [0.717, 1.165) is 12.2 Å². The summed E-state index contributed by atoms with van der Waals surface area (Å²) in [5, 5.41) is 2.73. The molecule has 1 heterocycles. The normalized spacial score (nSPS) is 14.2. The first-order chi connectivity index (χ1) is 8.65. The van der Waals surface area contributed by atoms with Crippen LogP contribution in [0.25, 0.3) is 0 Å². The lowest BCUT2D eigenvalue weighted by Crippen LogP contribution is -2.38. The molecule has 2 nitrogen and oxygen atoms in total. The van der Waals surface area contributed by atoms with Gasteiger partial charge in [0.05, 0.1) is 0 Å². The largest absolute Gasteiger partial charge is 0.489 e. The molecule has 0 saturated carbocycles. The summed E-state index contributed by atoms with van der Waals surface area (Å²) in [7, 11) is 0. The maximum Gasteiger partial charge on any atom is 0.121 e. The maximum absolute atomic E-state index is 6.14. The van der Waals surface area contributed by atoms with Crippen molar-refractivity contribution in [2.24, 2.45) is 5.73 Å². The summed E-state index contributed by atoms with van der Waals surface area (Å²) in [5.74, 6) is 0.761. The number of benzene rings is 1. The van der Waals surface area contributed by atoms with Crippen LogP contribution >= 0.6 is 22.9 Å². The quantitative estimate of drug-likeness (QED) is 0.906. The van der Waals surface area contributed by atoms with Crippen LogP contribution < -0.4 is 10.5 Å². The second-order valence-corrected chi connectivity index (χ2v) is 5.70. The predicted octanol–water partition coefficient (Wildman–Crippen LogP) is 3.74. The van der Waals surface area contributed by atoms with E-state index in [1.165, 1.54) is 4.88 Å². The number of nitrogens with two attached hydrogens (primary N) is 1. The van der Waals surface area contributed by atoms with Crippen LogP contribution in [0.15, 0.2) is 41.8 Å². The molecule has 0 bridgehead atoms. The molecule has 2 unspecified atom stereocenters. The monoisotopic (exact) mass is 281 g/mol. The van der Waals surface area contributed by atoms with E-state index in [0.29, 0.717) is 5.02 Å². The minimum absolute atomic E-state index is 0.0253. The second-order valence-electron chi connectivity index (χ2n) is 4.23. The van der Waals surface area contributed by atoms with Gasteiger partial charge in [0.2, 0.25) is 0 Å². The molecule has 0 aliphatic heterocycles. The van der Waals surface area contributed by atoms with Crippen molar-refractivity contribution >= 4 is 22.9 Å². The van der Waals surface area contributed by atoms with E-state index in [-0.39, 0.29) is 12.1 Å². The molecule has 1 aromatic heterocycles. The molecule has 4 heteroatoms. The fourth-order valence-electron chi connectivity index (χ4n) is 1.67. The topological polar surface area (TPSA) is 35.2 Å². The summed E-state index contributed by atoms with van der Waals surface area (Å²) in [5.41, 5.74) is 6.14. The van der Waals surface area contributed by atoms with Gasteiger partial charge in [-0.25, -0.2) is 0 Å². The molecular weight excluding hydrogens is 266 g/mol. The van der Waals surface area contributed by atoms with Gasteiger partial charge in [0, 0.05) is 22.4 Å². The lowest BCUT2D eigenvalue weighted by molar-refractivity contribution is 0.189. The van der Waals surface area contributed by atoms with Gasteiger partial charge in [-0.3, -0.25) is 0 Å². The van der Waals surface area contributed by atoms with Crippen molar-refractivity contribution < 1.29 is 4.74 Å². The molecule has 0 fully saturated rings. The molecular formula is C14H16ClNOS. The van der Waals surface area contributed by atoms with Crippen molar-refractivity contribution in [1.82, 2.24) is 0 Å². The molecule has 96 valence electrons. The van der Waals surface area contributed by atoms with Crippen molar-refractivity contribution in [3.05, 3.63) is 51.7 Å². The van der Waals surface area contributed by atoms with Crippen molar-refractivity contribution in [3.63, 3.8) is 0 Å². The Morgan fingerprint density at radius 2 is 2.17 bits per heavy atom. The van der Waals surface area contributed by atoms with E-state index in [2.05, 4.69) is 11.4 Å². The zero-order valence-corrected chi connectivity index (χ0v) is 11.7. The summed E-state index contributed by atoms with van der Waals surface area (Å²) >= 11 is 7.63. The van der Waals surface area contributed by atoms with Crippen molar-refractivity contribution in [2.45, 2.75) is 25.5 Å². The number of halogens is 1. The Morgan fingerprint density at radius 3 is 2.83 bits per heavy atom. The molecule has 18 heavy (non-hydrogen) atoms. The minimum Gasteiger partial charge on any atom is -0.489 e. The zero-order chi connectivity index (χ0) is 13.0. The molecule has 0 spiro atoms. The second kappa shape index (κ2) is 6.23. The van der Waals surface area contributed by atoms with Gasteiger partial charge >= 0.3 is 0 Å². The predicted molar refractivity (Wildman–Crippen MR) is 77.5 cm³/mol. The van der Waals surface area contributed by atoms with Gasteiger partial charge in [-0.05, 0) is 36.6 Å². The summed E-state index contributed by atoms with van der Waals surface area (Å²) in [4.78, 5) is 1.28. The molecule has 2 N–H and O–H groups in total. The lowest BCUT2D eigenvalue weighted by atomic mass is 10.1. The van der Waals surface area contributed by atoms with Crippen molar-refractivity contribution in [2.75, 3.05) is 0 Å². The average Bonchev–Trinajstić information content (AvgIpc) is 2.81. The number of rotatable bonds is 5. The minimum atomic E-state index is -0.0504. The van der Waals surface area contributed by atoms with Crippen LogP contribution in [0.1, 0.15) is 11.8 Å². The van der Waals surface area contributed by atoms with Gasteiger partial charge in [-0.15, -0.1) is 11.3 Å². The first-order valence-electron chi connectivity index (χ1n) is 5.85. The Labute approximate surface area is 116 Å². The molecule has 0 amide bonds. The van der Waals surface area contributed by atoms with Gasteiger partial charge in [0.15, 0.2) is 0 Å². The maximum atomic E-state index is 6.14. The Hall–Kier alpha value is -1.03. The third-order valence-electron chi connectivity index (χ3n) is 2.74. The van der Waals surface area contributed by atoms with Crippen LogP contribution in [0.3, 0.4) is 0 Å². The first kappa shape index (κ1) is 13.4. The number of hydrogen-bond donors (Lipinski definition) is 1. The molecule has 2 rings (SSSR count). The molecule has 0 radical (unpaired) electrons. The Morgan fingerprint density at radius 1 is 1.33 bits per heavy atom. The van der Waals surface area contributed by atoms with E-state index in [1.807, 2.05) is 31.2 Å². The van der Waals surface area contributed by atoms with Crippen molar-refractivity contribution in [1.29, 1.82) is 0 Å². The Balaban J connectivity index is 1.93. The van der Waals surface area contributed by atoms with Gasteiger partial charge in [0.1, 0.15) is 11.9 Å². The molecule has 0 aliphatic rings. The summed E-state index contributed by atoms with van der Waals surface area (Å²) < 4.78 is 5.80. The first-order valence-corrected chi connectivity index (χ1v) is 7.11. The van der Waals surface area contributed by atoms with E-state index in [4.69, 9.17) is 22.1 Å². The van der Waals surface area contributed by atoms with E-state index in [9.17, 15) is 0 Å². The highest BCUT2D eigenvalue weighted by Crippen LogP contribution is 2.20. The third-order valence-corrected chi connectivity index (χ3v) is 3.87. The average molecular weight is 282 g/mol. The van der Waals surface area contributed by atoms with E-state index >= 15 is 0 Å². The van der Waals surface area contributed by atoms with Crippen LogP contribution in [0.5, 0.6) is 5.75 Å². The number of hydrogen-bond acceptors (Lipinski definition) is 3. The molecule has 1 aromatic carbocycles. The van der Waals surface area contributed by atoms with Gasteiger partial charge in [0.25, 0.3) is 0 Å². The Kier molecular flexibility index (Phi) is 4.64. The van der Waals surface area contributed by atoms with Gasteiger partial charge < -0.3 is 10.5 Å². The van der Waals surface area contributed by atoms with Gasteiger partial charge in [-0.1, -0.05) is 23.7 Å². The highest BCUT2D eigenvalue weighted by molar-refractivity contribution is 7.09. The Bertz CT molecular complexity index is 486. The standard InChI is InChI=1S/C14H16ClNOS/c1-10(14(16)9-13-6-3-7-18-13)17-12-5-2-4-11(15)8-12/h2-8,10,14H,9,16H2,1H3. The SMILES string of the molecule is CC(Oc1cccc(Cl)c1)C(N)Cc1cccs1. The lowest BCUT2D eigenvalue weighted by Gasteiger charge is -2.21. The van der Waals surface area contributed by atoms with Crippen LogP contribution in [-0.4, -0.2) is 12.1 Å². The summed E-state index contributed by atoms with van der Waals surface area (Å²) in [6, 6.07) is 11.5. The van der Waals surface area contributed by atoms with Crippen LogP contribution in [0.2, 0.25) is 5.02 Å². The smallest absolute Gasteiger partial charge is 0.121 e.